The maximum Gasteiger partial charge on any atom is 0.298 e. The summed E-state index contributed by atoms with van der Waals surface area (Å²) in [4.78, 5) is 25.4. The molecule has 8 heteroatoms. The van der Waals surface area contributed by atoms with E-state index < -0.39 is 22.3 Å². The zero-order chi connectivity index (χ0) is 29.0. The Morgan fingerprint density at radius 1 is 0.571 bits per heavy atom. The molecule has 0 amide bonds. The summed E-state index contributed by atoms with van der Waals surface area (Å²) < 4.78 is 46.2. The quantitative estimate of drug-likeness (QED) is 0.178. The number of carbonyl (C=O) groups excluding carboxylic acids is 2. The summed E-state index contributed by atoms with van der Waals surface area (Å²) in [6.45, 7) is 0. The average molecular weight is 575 g/mol. The number of rotatable bonds is 7. The van der Waals surface area contributed by atoms with Gasteiger partial charge < -0.3 is 9.47 Å². The van der Waals surface area contributed by atoms with Gasteiger partial charge in [-0.15, -0.1) is 0 Å². The highest BCUT2D eigenvalue weighted by atomic mass is 32.2. The Morgan fingerprint density at radius 2 is 1.00 bits per heavy atom. The molecule has 206 valence electrons. The first-order valence-electron chi connectivity index (χ1n) is 13.2. The van der Waals surface area contributed by atoms with Crippen LogP contribution in [0, 0.1) is 0 Å². The predicted molar refractivity (Wildman–Crippen MR) is 154 cm³/mol. The summed E-state index contributed by atoms with van der Waals surface area (Å²) in [6, 6.07) is 33.4. The zero-order valence-electron chi connectivity index (χ0n) is 21.9. The highest BCUT2D eigenvalue weighted by molar-refractivity contribution is 7.86. The van der Waals surface area contributed by atoms with E-state index in [1.807, 2.05) is 36.4 Å². The van der Waals surface area contributed by atoms with Crippen molar-refractivity contribution in [3.05, 3.63) is 160 Å². The van der Waals surface area contributed by atoms with E-state index >= 15 is 0 Å². The van der Waals surface area contributed by atoms with E-state index in [2.05, 4.69) is 0 Å². The molecule has 0 aliphatic carbocycles. The lowest BCUT2D eigenvalue weighted by Crippen LogP contribution is -2.31. The van der Waals surface area contributed by atoms with Gasteiger partial charge >= 0.3 is 0 Å². The molecule has 42 heavy (non-hydrogen) atoms. The molecule has 3 heterocycles. The number of hydrogen-bond acceptors (Lipinski definition) is 6. The number of hydrogen-bond donors (Lipinski definition) is 1. The van der Waals surface area contributed by atoms with Crippen LogP contribution in [-0.2, 0) is 10.1 Å². The van der Waals surface area contributed by atoms with Gasteiger partial charge in [0, 0.05) is 27.8 Å². The Labute approximate surface area is 241 Å². The van der Waals surface area contributed by atoms with E-state index in [0.29, 0.717) is 33.4 Å². The van der Waals surface area contributed by atoms with Crippen LogP contribution in [0.25, 0.3) is 0 Å². The van der Waals surface area contributed by atoms with E-state index in [1.165, 1.54) is 6.07 Å². The van der Waals surface area contributed by atoms with Gasteiger partial charge in [-0.05, 0) is 17.2 Å². The topological polar surface area (TPSA) is 107 Å². The van der Waals surface area contributed by atoms with Crippen molar-refractivity contribution in [2.75, 3.05) is 0 Å². The van der Waals surface area contributed by atoms with Gasteiger partial charge in [0.25, 0.3) is 10.1 Å². The third-order valence-electron chi connectivity index (χ3n) is 7.59. The van der Waals surface area contributed by atoms with Gasteiger partial charge in [-0.1, -0.05) is 109 Å². The minimum atomic E-state index is -4.58. The predicted octanol–water partition coefficient (Wildman–Crippen LogP) is 6.36. The number of fused-ring (bicyclic) bond motifs is 2. The van der Waals surface area contributed by atoms with Crippen LogP contribution >= 0.6 is 0 Å². The second-order valence-corrected chi connectivity index (χ2v) is 11.5. The maximum absolute atomic E-state index is 12.9. The summed E-state index contributed by atoms with van der Waals surface area (Å²) in [5.74, 6) is 0.00263. The lowest BCUT2D eigenvalue weighted by molar-refractivity contribution is 0.103. The third kappa shape index (κ3) is 4.29. The van der Waals surface area contributed by atoms with E-state index in [0.717, 1.165) is 11.1 Å². The van der Waals surface area contributed by atoms with Gasteiger partial charge in [-0.25, -0.2) is 0 Å². The van der Waals surface area contributed by atoms with Gasteiger partial charge in [0.1, 0.15) is 11.0 Å². The van der Waals surface area contributed by atoms with Crippen LogP contribution in [0.2, 0.25) is 0 Å². The average Bonchev–Trinajstić information content (AvgIpc) is 3.01. The van der Waals surface area contributed by atoms with E-state index in [1.54, 1.807) is 72.8 Å². The minimum absolute atomic E-state index is 0.0518. The molecule has 0 radical (unpaired) electrons. The molecule has 0 spiro atoms. The van der Waals surface area contributed by atoms with Crippen LogP contribution in [0.4, 0.5) is 0 Å². The van der Waals surface area contributed by atoms with Gasteiger partial charge in [-0.2, -0.15) is 8.42 Å². The van der Waals surface area contributed by atoms with E-state index in [4.69, 9.17) is 9.47 Å². The molecular formula is C34H22O7S. The molecule has 3 aliphatic heterocycles. The van der Waals surface area contributed by atoms with Crippen LogP contribution in [0.1, 0.15) is 66.3 Å². The van der Waals surface area contributed by atoms with Gasteiger partial charge in [0.15, 0.2) is 29.2 Å². The molecule has 0 saturated carbocycles. The Kier molecular flexibility index (Phi) is 6.04. The van der Waals surface area contributed by atoms with Gasteiger partial charge in [0.2, 0.25) is 0 Å². The molecule has 0 fully saturated rings. The fourth-order valence-corrected chi connectivity index (χ4v) is 6.12. The van der Waals surface area contributed by atoms with Crippen LogP contribution in [0.15, 0.2) is 120 Å². The van der Waals surface area contributed by atoms with Gasteiger partial charge in [-0.3, -0.25) is 14.1 Å². The van der Waals surface area contributed by atoms with Crippen LogP contribution < -0.4 is 9.47 Å². The van der Waals surface area contributed by atoms with Crippen molar-refractivity contribution in [2.24, 2.45) is 0 Å². The molecule has 8 rings (SSSR count). The number of benzene rings is 5. The second kappa shape index (κ2) is 9.80. The third-order valence-corrected chi connectivity index (χ3v) is 8.45. The summed E-state index contributed by atoms with van der Waals surface area (Å²) >= 11 is 0. The second-order valence-electron chi connectivity index (χ2n) is 10.1. The van der Waals surface area contributed by atoms with Crippen LogP contribution in [-0.4, -0.2) is 24.5 Å². The molecule has 2 atom stereocenters. The summed E-state index contributed by atoms with van der Waals surface area (Å²) in [7, 11) is -4.58. The highest BCUT2D eigenvalue weighted by Gasteiger charge is 2.46. The van der Waals surface area contributed by atoms with Crippen molar-refractivity contribution < 1.29 is 32.0 Å². The first-order chi connectivity index (χ1) is 20.3. The fourth-order valence-electron chi connectivity index (χ4n) is 5.47. The Hall–Kier alpha value is -5.05. The molecule has 7 nitrogen and oxygen atoms in total. The van der Waals surface area contributed by atoms with Crippen molar-refractivity contribution in [1.29, 1.82) is 0 Å². The molecule has 5 aromatic carbocycles. The molecule has 2 bridgehead atoms. The minimum Gasteiger partial charge on any atom is -0.476 e. The molecule has 2 unspecified atom stereocenters. The lowest BCUT2D eigenvalue weighted by Gasteiger charge is -2.42. The van der Waals surface area contributed by atoms with Crippen molar-refractivity contribution in [1.82, 2.24) is 0 Å². The Balaban J connectivity index is 1.22. The normalized spacial score (nSPS) is 16.5. The van der Waals surface area contributed by atoms with Crippen molar-refractivity contribution in [3.8, 4) is 11.5 Å². The molecule has 0 saturated heterocycles. The summed E-state index contributed by atoms with van der Waals surface area (Å²) in [5, 5.41) is 0. The molecule has 0 aromatic heterocycles. The number of ketones is 2. The smallest absolute Gasteiger partial charge is 0.298 e. The van der Waals surface area contributed by atoms with E-state index in [9.17, 15) is 22.6 Å². The highest BCUT2D eigenvalue weighted by Crippen LogP contribution is 2.59. The van der Waals surface area contributed by atoms with Crippen LogP contribution in [0.5, 0.6) is 11.5 Å². The first-order valence-corrected chi connectivity index (χ1v) is 14.6. The standard InChI is InChI=1S/C34H22O7S/c35-29(20-7-3-1-4-8-20)22-11-15-24(16-12-22)31-26-19-27(42(37,38)39)33(40-31)34-28(26)32(41-34)25-17-13-23(14-18-25)30(36)21-9-5-2-6-10-21/h1-19,31-32H,(H,37,38,39). The monoisotopic (exact) mass is 574 g/mol. The van der Waals surface area contributed by atoms with Gasteiger partial charge in [0.05, 0.1) is 5.56 Å². The maximum atomic E-state index is 12.9. The number of carbonyl (C=O) groups is 2. The Bertz CT molecular complexity index is 1970. The molecule has 5 aromatic rings. The lowest BCUT2D eigenvalue weighted by atomic mass is 9.84. The summed E-state index contributed by atoms with van der Waals surface area (Å²) in [6.07, 6.45) is -1.19. The largest absolute Gasteiger partial charge is 0.476 e. The van der Waals surface area contributed by atoms with Crippen molar-refractivity contribution in [3.63, 3.8) is 0 Å². The first kappa shape index (κ1) is 25.9. The van der Waals surface area contributed by atoms with Crippen molar-refractivity contribution in [2.45, 2.75) is 17.1 Å². The zero-order valence-corrected chi connectivity index (χ0v) is 22.7. The molecular weight excluding hydrogens is 552 g/mol. The molecule has 3 aliphatic rings. The van der Waals surface area contributed by atoms with Crippen LogP contribution in [0.3, 0.4) is 0 Å². The number of ether oxygens (including phenoxy) is 2. The summed E-state index contributed by atoms with van der Waals surface area (Å²) in [5.41, 5.74) is 4.98. The SMILES string of the molecule is O=C(c1ccccc1)c1ccc(C2Oc3c(S(=O)(=O)O)cc2c2c3OC2c2ccc(C(=O)c3ccccc3)cc2)cc1. The van der Waals surface area contributed by atoms with E-state index in [-0.39, 0.29) is 28.0 Å². The van der Waals surface area contributed by atoms with Crippen molar-refractivity contribution >= 4 is 21.7 Å². The molecule has 1 N–H and O–H groups in total. The Morgan fingerprint density at radius 3 is 1.48 bits per heavy atom. The fraction of sp³-hybridized carbons (Fsp3) is 0.0588.